The molecule has 0 aliphatic rings. The molecule has 8 heteroatoms. The van der Waals surface area contributed by atoms with E-state index in [2.05, 4.69) is 15.5 Å². The summed E-state index contributed by atoms with van der Waals surface area (Å²) in [6.45, 7) is 6.38. The SMILES string of the molecule is CCn1cc(C(=O)Nc2nnc(C(C)C)s2)c(=O)c2cc(F)ccc21. The molecule has 1 aromatic carbocycles. The second kappa shape index (κ2) is 6.72. The Labute approximate surface area is 147 Å². The Morgan fingerprint density at radius 1 is 1.36 bits per heavy atom. The van der Waals surface area contributed by atoms with Gasteiger partial charge in [-0.05, 0) is 25.1 Å². The standard InChI is InChI=1S/C17H17FN4O2S/c1-4-22-8-12(14(23)11-7-10(18)5-6-13(11)22)15(24)19-17-21-20-16(25-17)9(2)3/h5-9H,4H2,1-3H3,(H,19,21,24). The van der Waals surface area contributed by atoms with E-state index in [9.17, 15) is 14.0 Å². The summed E-state index contributed by atoms with van der Waals surface area (Å²) in [4.78, 5) is 25.2. The number of hydrogen-bond acceptors (Lipinski definition) is 5. The van der Waals surface area contributed by atoms with Gasteiger partial charge in [0, 0.05) is 24.0 Å². The van der Waals surface area contributed by atoms with E-state index in [-0.39, 0.29) is 16.9 Å². The monoisotopic (exact) mass is 360 g/mol. The Bertz CT molecular complexity index is 1010. The summed E-state index contributed by atoms with van der Waals surface area (Å²) in [6.07, 6.45) is 1.49. The lowest BCUT2D eigenvalue weighted by molar-refractivity contribution is 0.102. The number of benzene rings is 1. The summed E-state index contributed by atoms with van der Waals surface area (Å²) in [7, 11) is 0. The minimum atomic E-state index is -0.579. The minimum Gasteiger partial charge on any atom is -0.347 e. The number of amides is 1. The van der Waals surface area contributed by atoms with Crippen LogP contribution in [0.5, 0.6) is 0 Å². The number of rotatable bonds is 4. The molecule has 0 fully saturated rings. The lowest BCUT2D eigenvalue weighted by Gasteiger charge is -2.11. The number of nitrogens with one attached hydrogen (secondary N) is 1. The molecule has 0 radical (unpaired) electrons. The average Bonchev–Trinajstić information content (AvgIpc) is 3.04. The van der Waals surface area contributed by atoms with E-state index in [1.807, 2.05) is 20.8 Å². The van der Waals surface area contributed by atoms with Crippen molar-refractivity contribution in [3.8, 4) is 0 Å². The van der Waals surface area contributed by atoms with Gasteiger partial charge in [0.15, 0.2) is 0 Å². The van der Waals surface area contributed by atoms with Crippen LogP contribution in [0.15, 0.2) is 29.2 Å². The van der Waals surface area contributed by atoms with Crippen LogP contribution in [0.1, 0.15) is 42.1 Å². The number of carbonyl (C=O) groups excluding carboxylic acids is 1. The van der Waals surface area contributed by atoms with Gasteiger partial charge in [-0.3, -0.25) is 14.9 Å². The number of fused-ring (bicyclic) bond motifs is 1. The molecular formula is C17H17FN4O2S. The molecule has 0 saturated carbocycles. The number of anilines is 1. The fraction of sp³-hybridized carbons (Fsp3) is 0.294. The fourth-order valence-corrected chi connectivity index (χ4v) is 3.22. The zero-order valence-electron chi connectivity index (χ0n) is 14.0. The highest BCUT2D eigenvalue weighted by atomic mass is 32.1. The highest BCUT2D eigenvalue weighted by molar-refractivity contribution is 7.15. The zero-order valence-corrected chi connectivity index (χ0v) is 14.9. The molecule has 0 saturated heterocycles. The third-order valence-electron chi connectivity index (χ3n) is 3.78. The molecule has 2 heterocycles. The molecular weight excluding hydrogens is 343 g/mol. The van der Waals surface area contributed by atoms with E-state index < -0.39 is 17.2 Å². The Morgan fingerprint density at radius 3 is 2.76 bits per heavy atom. The number of nitrogens with zero attached hydrogens (tertiary/aromatic N) is 3. The van der Waals surface area contributed by atoms with Crippen molar-refractivity contribution in [3.05, 3.63) is 51.0 Å². The zero-order chi connectivity index (χ0) is 18.1. The molecule has 0 aliphatic carbocycles. The van der Waals surface area contributed by atoms with Crippen molar-refractivity contribution in [3.63, 3.8) is 0 Å². The maximum Gasteiger partial charge on any atom is 0.262 e. The smallest absolute Gasteiger partial charge is 0.262 e. The summed E-state index contributed by atoms with van der Waals surface area (Å²) >= 11 is 1.26. The van der Waals surface area contributed by atoms with Crippen LogP contribution in [0, 0.1) is 5.82 Å². The molecule has 0 bridgehead atoms. The van der Waals surface area contributed by atoms with Crippen LogP contribution in [-0.2, 0) is 6.54 Å². The first kappa shape index (κ1) is 17.2. The van der Waals surface area contributed by atoms with Crippen molar-refractivity contribution in [2.75, 3.05) is 5.32 Å². The molecule has 2 aromatic heterocycles. The molecule has 1 amide bonds. The van der Waals surface area contributed by atoms with E-state index in [1.54, 1.807) is 4.57 Å². The molecule has 0 aliphatic heterocycles. The third kappa shape index (κ3) is 3.30. The molecule has 25 heavy (non-hydrogen) atoms. The van der Waals surface area contributed by atoms with E-state index in [0.717, 1.165) is 11.1 Å². The fourth-order valence-electron chi connectivity index (χ4n) is 2.48. The number of hydrogen-bond donors (Lipinski definition) is 1. The Hall–Kier alpha value is -2.61. The van der Waals surface area contributed by atoms with Gasteiger partial charge in [0.1, 0.15) is 16.4 Å². The van der Waals surface area contributed by atoms with Crippen molar-refractivity contribution < 1.29 is 9.18 Å². The number of carbonyl (C=O) groups is 1. The van der Waals surface area contributed by atoms with E-state index in [1.165, 1.54) is 29.7 Å². The van der Waals surface area contributed by atoms with Crippen LogP contribution in [-0.4, -0.2) is 20.7 Å². The first-order valence-corrected chi connectivity index (χ1v) is 8.69. The van der Waals surface area contributed by atoms with Gasteiger partial charge in [-0.25, -0.2) is 4.39 Å². The van der Waals surface area contributed by atoms with E-state index in [0.29, 0.717) is 17.2 Å². The van der Waals surface area contributed by atoms with Gasteiger partial charge in [0.25, 0.3) is 5.91 Å². The average molecular weight is 360 g/mol. The predicted octanol–water partition coefficient (Wildman–Crippen LogP) is 3.39. The van der Waals surface area contributed by atoms with Gasteiger partial charge in [-0.15, -0.1) is 10.2 Å². The van der Waals surface area contributed by atoms with Crippen molar-refractivity contribution in [2.24, 2.45) is 0 Å². The van der Waals surface area contributed by atoms with Crippen LogP contribution in [0.4, 0.5) is 9.52 Å². The van der Waals surface area contributed by atoms with Crippen LogP contribution in [0.2, 0.25) is 0 Å². The van der Waals surface area contributed by atoms with Crippen LogP contribution in [0.25, 0.3) is 10.9 Å². The normalized spacial score (nSPS) is 11.2. The van der Waals surface area contributed by atoms with Gasteiger partial charge in [-0.2, -0.15) is 0 Å². The number of aryl methyl sites for hydroxylation is 1. The number of halogens is 1. The van der Waals surface area contributed by atoms with E-state index in [4.69, 9.17) is 0 Å². The summed E-state index contributed by atoms with van der Waals surface area (Å²) in [5, 5.41) is 11.8. The van der Waals surface area contributed by atoms with Gasteiger partial charge < -0.3 is 4.57 Å². The van der Waals surface area contributed by atoms with Gasteiger partial charge >= 0.3 is 0 Å². The molecule has 3 aromatic rings. The van der Waals surface area contributed by atoms with Crippen LogP contribution < -0.4 is 10.7 Å². The van der Waals surface area contributed by atoms with Crippen LogP contribution >= 0.6 is 11.3 Å². The van der Waals surface area contributed by atoms with Crippen LogP contribution in [0.3, 0.4) is 0 Å². The maximum absolute atomic E-state index is 13.5. The van der Waals surface area contributed by atoms with Gasteiger partial charge in [0.2, 0.25) is 10.6 Å². The molecule has 1 N–H and O–H groups in total. The maximum atomic E-state index is 13.5. The molecule has 6 nitrogen and oxygen atoms in total. The Kier molecular flexibility index (Phi) is 4.63. The summed E-state index contributed by atoms with van der Waals surface area (Å²) in [5.74, 6) is -0.899. The molecule has 0 unspecified atom stereocenters. The summed E-state index contributed by atoms with van der Waals surface area (Å²) < 4.78 is 15.3. The minimum absolute atomic E-state index is 0.0544. The predicted molar refractivity (Wildman–Crippen MR) is 95.8 cm³/mol. The first-order valence-electron chi connectivity index (χ1n) is 7.88. The Balaban J connectivity index is 2.03. The lowest BCUT2D eigenvalue weighted by atomic mass is 10.1. The third-order valence-corrected chi connectivity index (χ3v) is 4.92. The molecule has 130 valence electrons. The quantitative estimate of drug-likeness (QED) is 0.774. The van der Waals surface area contributed by atoms with Gasteiger partial charge in [0.05, 0.1) is 5.52 Å². The lowest BCUT2D eigenvalue weighted by Crippen LogP contribution is -2.24. The van der Waals surface area contributed by atoms with E-state index >= 15 is 0 Å². The Morgan fingerprint density at radius 2 is 2.12 bits per heavy atom. The number of pyridine rings is 1. The van der Waals surface area contributed by atoms with Crippen molar-refractivity contribution in [1.82, 2.24) is 14.8 Å². The van der Waals surface area contributed by atoms with Gasteiger partial charge in [-0.1, -0.05) is 25.2 Å². The summed E-state index contributed by atoms with van der Waals surface area (Å²) in [6, 6.07) is 3.99. The number of aromatic nitrogens is 3. The topological polar surface area (TPSA) is 76.9 Å². The largest absolute Gasteiger partial charge is 0.347 e. The highest BCUT2D eigenvalue weighted by Gasteiger charge is 2.18. The second-order valence-corrected chi connectivity index (χ2v) is 6.88. The first-order chi connectivity index (χ1) is 11.9. The highest BCUT2D eigenvalue weighted by Crippen LogP contribution is 2.23. The van der Waals surface area contributed by atoms with Crippen molar-refractivity contribution in [1.29, 1.82) is 0 Å². The van der Waals surface area contributed by atoms with Crippen molar-refractivity contribution in [2.45, 2.75) is 33.2 Å². The summed E-state index contributed by atoms with van der Waals surface area (Å²) in [5.41, 5.74) is 0.0232. The molecule has 0 spiro atoms. The van der Waals surface area contributed by atoms with Crippen molar-refractivity contribution >= 4 is 33.3 Å². The molecule has 3 rings (SSSR count). The molecule has 0 atom stereocenters. The second-order valence-electron chi connectivity index (χ2n) is 5.87.